The number of hydrogen-bond acceptors (Lipinski definition) is 3. The Hall–Kier alpha value is -1.00. The second-order valence-corrected chi connectivity index (χ2v) is 3.41. The molecule has 0 saturated carbocycles. The molecule has 0 aromatic carbocycles. The summed E-state index contributed by atoms with van der Waals surface area (Å²) in [5.74, 6) is -0.607. The molecule has 0 radical (unpaired) electrons. The summed E-state index contributed by atoms with van der Waals surface area (Å²) in [4.78, 5) is 14.1. The fraction of sp³-hybridized carbons (Fsp3) is 0.750. The first-order valence-electron chi connectivity index (χ1n) is 3.81. The normalized spacial score (nSPS) is 12.5. The van der Waals surface area contributed by atoms with Crippen LogP contribution in [-0.2, 0) is 9.53 Å². The van der Waals surface area contributed by atoms with Crippen molar-refractivity contribution in [2.45, 2.75) is 32.8 Å². The summed E-state index contributed by atoms with van der Waals surface area (Å²) in [6.45, 7) is 4.73. The van der Waals surface area contributed by atoms with Gasteiger partial charge in [0.05, 0.1) is 6.21 Å². The van der Waals surface area contributed by atoms with Gasteiger partial charge in [0.1, 0.15) is 12.1 Å². The van der Waals surface area contributed by atoms with E-state index >= 15 is 0 Å². The SMILES string of the molecule is CC(C)(C)OC(=O)C/N=C/C(F)F. The minimum atomic E-state index is -2.62. The van der Waals surface area contributed by atoms with Gasteiger partial charge in [0.2, 0.25) is 0 Å². The van der Waals surface area contributed by atoms with Crippen molar-refractivity contribution in [3.63, 3.8) is 0 Å². The van der Waals surface area contributed by atoms with Crippen molar-refractivity contribution in [3.8, 4) is 0 Å². The first-order valence-corrected chi connectivity index (χ1v) is 3.81. The summed E-state index contributed by atoms with van der Waals surface area (Å²) >= 11 is 0. The fourth-order valence-corrected chi connectivity index (χ4v) is 0.581. The van der Waals surface area contributed by atoms with Crippen LogP contribution in [0.25, 0.3) is 0 Å². The second-order valence-electron chi connectivity index (χ2n) is 3.41. The molecule has 0 unspecified atom stereocenters. The lowest BCUT2D eigenvalue weighted by molar-refractivity contribution is -0.152. The zero-order valence-electron chi connectivity index (χ0n) is 7.88. The number of alkyl halides is 2. The molecular formula is C8H13F2NO2. The molecule has 3 nitrogen and oxygen atoms in total. The molecule has 0 heterocycles. The molecule has 0 saturated heterocycles. The average Bonchev–Trinajstić information content (AvgIpc) is 1.81. The Kier molecular flexibility index (Phi) is 4.51. The van der Waals surface area contributed by atoms with Gasteiger partial charge in [-0.25, -0.2) is 8.78 Å². The van der Waals surface area contributed by atoms with Gasteiger partial charge in [0.25, 0.3) is 6.43 Å². The molecule has 0 N–H and O–H groups in total. The van der Waals surface area contributed by atoms with E-state index in [2.05, 4.69) is 4.99 Å². The predicted octanol–water partition coefficient (Wildman–Crippen LogP) is 1.66. The lowest BCUT2D eigenvalue weighted by Crippen LogP contribution is -2.25. The molecule has 0 aliphatic heterocycles. The maximum absolute atomic E-state index is 11.5. The van der Waals surface area contributed by atoms with Crippen LogP contribution in [0.15, 0.2) is 4.99 Å². The molecule has 0 aliphatic rings. The minimum absolute atomic E-state index is 0.360. The van der Waals surface area contributed by atoms with Gasteiger partial charge in [-0.2, -0.15) is 0 Å². The molecule has 76 valence electrons. The third kappa shape index (κ3) is 8.91. The van der Waals surface area contributed by atoms with Crippen molar-refractivity contribution in [2.75, 3.05) is 6.54 Å². The second kappa shape index (κ2) is 4.89. The third-order valence-electron chi connectivity index (χ3n) is 0.859. The number of halogens is 2. The van der Waals surface area contributed by atoms with E-state index in [0.717, 1.165) is 0 Å². The molecule has 0 rings (SSSR count). The topological polar surface area (TPSA) is 38.7 Å². The first kappa shape index (κ1) is 12.0. The summed E-state index contributed by atoms with van der Waals surface area (Å²) in [7, 11) is 0. The van der Waals surface area contributed by atoms with Gasteiger partial charge in [0.15, 0.2) is 0 Å². The number of carbonyl (C=O) groups excluding carboxylic acids is 1. The highest BCUT2D eigenvalue weighted by Gasteiger charge is 2.15. The van der Waals surface area contributed by atoms with Crippen LogP contribution in [0.3, 0.4) is 0 Å². The van der Waals surface area contributed by atoms with E-state index in [9.17, 15) is 13.6 Å². The van der Waals surface area contributed by atoms with E-state index in [1.807, 2.05) is 0 Å². The van der Waals surface area contributed by atoms with Gasteiger partial charge in [-0.1, -0.05) is 0 Å². The van der Waals surface area contributed by atoms with Gasteiger partial charge in [-0.3, -0.25) is 9.79 Å². The molecule has 0 aromatic rings. The smallest absolute Gasteiger partial charge is 0.328 e. The molecule has 0 fully saturated rings. The quantitative estimate of drug-likeness (QED) is 0.505. The Balaban J connectivity index is 3.77. The molecular weight excluding hydrogens is 180 g/mol. The van der Waals surface area contributed by atoms with E-state index < -0.39 is 18.0 Å². The lowest BCUT2D eigenvalue weighted by Gasteiger charge is -2.18. The highest BCUT2D eigenvalue weighted by Crippen LogP contribution is 2.06. The van der Waals surface area contributed by atoms with E-state index in [1.165, 1.54) is 0 Å². The number of nitrogens with zero attached hydrogens (tertiary/aromatic N) is 1. The Morgan fingerprint density at radius 3 is 2.46 bits per heavy atom. The molecule has 0 bridgehead atoms. The summed E-state index contributed by atoms with van der Waals surface area (Å²) in [5.41, 5.74) is -0.600. The van der Waals surface area contributed by atoms with Crippen molar-refractivity contribution in [1.29, 1.82) is 0 Å². The van der Waals surface area contributed by atoms with Crippen LogP contribution in [0.1, 0.15) is 20.8 Å². The third-order valence-corrected chi connectivity index (χ3v) is 0.859. The Morgan fingerprint density at radius 1 is 1.54 bits per heavy atom. The first-order chi connectivity index (χ1) is 5.81. The number of esters is 1. The maximum atomic E-state index is 11.5. The van der Waals surface area contributed by atoms with E-state index in [-0.39, 0.29) is 6.54 Å². The van der Waals surface area contributed by atoms with E-state index in [0.29, 0.717) is 6.21 Å². The van der Waals surface area contributed by atoms with Crippen LogP contribution in [-0.4, -0.2) is 30.8 Å². The number of carbonyl (C=O) groups is 1. The Bertz CT molecular complexity index is 197. The lowest BCUT2D eigenvalue weighted by atomic mass is 10.2. The zero-order valence-corrected chi connectivity index (χ0v) is 7.88. The van der Waals surface area contributed by atoms with Crippen LogP contribution in [0.2, 0.25) is 0 Å². The number of rotatable bonds is 3. The van der Waals surface area contributed by atoms with E-state index in [4.69, 9.17) is 4.74 Å². The van der Waals surface area contributed by atoms with Crippen LogP contribution in [0.5, 0.6) is 0 Å². The molecule has 0 atom stereocenters. The Labute approximate surface area is 75.8 Å². The summed E-state index contributed by atoms with van der Waals surface area (Å²) < 4.78 is 27.9. The molecule has 0 amide bonds. The van der Waals surface area contributed by atoms with Crippen LogP contribution < -0.4 is 0 Å². The minimum Gasteiger partial charge on any atom is -0.459 e. The van der Waals surface area contributed by atoms with Crippen molar-refractivity contribution in [1.82, 2.24) is 0 Å². The van der Waals surface area contributed by atoms with Crippen molar-refractivity contribution in [3.05, 3.63) is 0 Å². The van der Waals surface area contributed by atoms with Gasteiger partial charge < -0.3 is 4.74 Å². The van der Waals surface area contributed by atoms with Gasteiger partial charge in [0, 0.05) is 0 Å². The van der Waals surface area contributed by atoms with E-state index in [1.54, 1.807) is 20.8 Å². The largest absolute Gasteiger partial charge is 0.459 e. The van der Waals surface area contributed by atoms with Crippen molar-refractivity contribution >= 4 is 12.2 Å². The van der Waals surface area contributed by atoms with Gasteiger partial charge in [-0.05, 0) is 20.8 Å². The molecule has 5 heteroatoms. The van der Waals surface area contributed by atoms with Crippen LogP contribution in [0.4, 0.5) is 8.78 Å². The highest BCUT2D eigenvalue weighted by atomic mass is 19.3. The Morgan fingerprint density at radius 2 is 2.08 bits per heavy atom. The maximum Gasteiger partial charge on any atom is 0.328 e. The summed E-state index contributed by atoms with van der Waals surface area (Å²) in [6, 6.07) is 0. The zero-order chi connectivity index (χ0) is 10.5. The number of ether oxygens (including phenoxy) is 1. The standard InChI is InChI=1S/C8H13F2NO2/c1-8(2,3)13-7(12)5-11-4-6(9)10/h4,6H,5H2,1-3H3/b11-4+. The molecule has 0 spiro atoms. The highest BCUT2D eigenvalue weighted by molar-refractivity contribution is 5.74. The van der Waals surface area contributed by atoms with Crippen molar-refractivity contribution < 1.29 is 18.3 Å². The van der Waals surface area contributed by atoms with Gasteiger partial charge >= 0.3 is 5.97 Å². The summed E-state index contributed by atoms with van der Waals surface area (Å²) in [6.07, 6.45) is -2.20. The predicted molar refractivity (Wildman–Crippen MR) is 45.2 cm³/mol. The number of hydrogen-bond donors (Lipinski definition) is 0. The fourth-order valence-electron chi connectivity index (χ4n) is 0.581. The monoisotopic (exact) mass is 193 g/mol. The average molecular weight is 193 g/mol. The van der Waals surface area contributed by atoms with Crippen molar-refractivity contribution in [2.24, 2.45) is 4.99 Å². The number of aliphatic imine (C=N–C) groups is 1. The van der Waals surface area contributed by atoms with Crippen LogP contribution in [0, 0.1) is 0 Å². The summed E-state index contributed by atoms with van der Waals surface area (Å²) in [5, 5.41) is 0. The van der Waals surface area contributed by atoms with Crippen LogP contribution >= 0.6 is 0 Å². The van der Waals surface area contributed by atoms with Gasteiger partial charge in [-0.15, -0.1) is 0 Å². The molecule has 0 aromatic heterocycles. The molecule has 13 heavy (non-hydrogen) atoms. The molecule has 0 aliphatic carbocycles.